The van der Waals surface area contributed by atoms with Crippen LogP contribution in [0, 0.1) is 12.3 Å². The molecule has 0 aromatic carbocycles. The number of hydrogen-bond donors (Lipinski definition) is 0. The summed E-state index contributed by atoms with van der Waals surface area (Å²) in [5.41, 5.74) is 1.26. The van der Waals surface area contributed by atoms with Crippen molar-refractivity contribution in [1.82, 2.24) is 15.0 Å². The topological polar surface area (TPSA) is 71.5 Å². The van der Waals surface area contributed by atoms with Crippen molar-refractivity contribution in [2.45, 2.75) is 47.0 Å². The SMILES string of the molecule is COc1ncc(C(=O)N(CC(C)(C)C)c2cccc(C)n2)c(N2CCCCC2)n1. The zero-order chi connectivity index (χ0) is 21.0. The van der Waals surface area contributed by atoms with Gasteiger partial charge in [0.1, 0.15) is 17.2 Å². The molecule has 0 unspecified atom stereocenters. The van der Waals surface area contributed by atoms with Crippen molar-refractivity contribution in [3.05, 3.63) is 35.7 Å². The molecule has 1 aliphatic rings. The second kappa shape index (κ2) is 8.76. The van der Waals surface area contributed by atoms with Gasteiger partial charge in [0.25, 0.3) is 5.91 Å². The monoisotopic (exact) mass is 397 g/mol. The maximum atomic E-state index is 13.7. The highest BCUT2D eigenvalue weighted by molar-refractivity contribution is 6.08. The Morgan fingerprint density at radius 1 is 1.17 bits per heavy atom. The van der Waals surface area contributed by atoms with Gasteiger partial charge in [-0.3, -0.25) is 9.69 Å². The van der Waals surface area contributed by atoms with Crippen LogP contribution < -0.4 is 14.5 Å². The van der Waals surface area contributed by atoms with Crippen molar-refractivity contribution in [2.75, 3.05) is 36.5 Å². The zero-order valence-electron chi connectivity index (χ0n) is 18.1. The number of anilines is 2. The van der Waals surface area contributed by atoms with Crippen molar-refractivity contribution >= 4 is 17.5 Å². The van der Waals surface area contributed by atoms with Gasteiger partial charge in [-0.15, -0.1) is 0 Å². The molecule has 7 heteroatoms. The van der Waals surface area contributed by atoms with Crippen molar-refractivity contribution in [1.29, 1.82) is 0 Å². The lowest BCUT2D eigenvalue weighted by atomic mass is 9.95. The normalized spacial score (nSPS) is 14.6. The Kier molecular flexibility index (Phi) is 6.35. The third-order valence-corrected chi connectivity index (χ3v) is 4.84. The highest BCUT2D eigenvalue weighted by Gasteiger charge is 2.29. The molecule has 7 nitrogen and oxygen atoms in total. The molecule has 3 heterocycles. The molecule has 0 aliphatic carbocycles. The molecule has 0 spiro atoms. The lowest BCUT2D eigenvalue weighted by Gasteiger charge is -2.32. The van der Waals surface area contributed by atoms with E-state index in [1.54, 1.807) is 18.2 Å². The minimum atomic E-state index is -0.138. The van der Waals surface area contributed by atoms with E-state index in [1.807, 2.05) is 25.1 Å². The minimum absolute atomic E-state index is 0.0975. The molecule has 0 saturated carbocycles. The third-order valence-electron chi connectivity index (χ3n) is 4.84. The number of piperidine rings is 1. The Morgan fingerprint density at radius 3 is 2.52 bits per heavy atom. The number of aryl methyl sites for hydroxylation is 1. The van der Waals surface area contributed by atoms with E-state index in [9.17, 15) is 4.79 Å². The quantitative estimate of drug-likeness (QED) is 0.763. The number of rotatable bonds is 5. The molecule has 0 N–H and O–H groups in total. The Bertz CT molecular complexity index is 857. The van der Waals surface area contributed by atoms with Crippen molar-refractivity contribution in [3.63, 3.8) is 0 Å². The van der Waals surface area contributed by atoms with E-state index in [-0.39, 0.29) is 17.3 Å². The average molecular weight is 398 g/mol. The third kappa shape index (κ3) is 5.22. The van der Waals surface area contributed by atoms with Crippen molar-refractivity contribution < 1.29 is 9.53 Å². The smallest absolute Gasteiger partial charge is 0.318 e. The number of pyridine rings is 1. The first-order valence-corrected chi connectivity index (χ1v) is 10.2. The van der Waals surface area contributed by atoms with E-state index in [2.05, 4.69) is 40.6 Å². The Morgan fingerprint density at radius 2 is 1.90 bits per heavy atom. The van der Waals surface area contributed by atoms with Crippen LogP contribution in [0.5, 0.6) is 6.01 Å². The van der Waals surface area contributed by atoms with Crippen LogP contribution in [0.1, 0.15) is 56.1 Å². The van der Waals surface area contributed by atoms with Gasteiger partial charge in [0.05, 0.1) is 7.11 Å². The molecule has 0 radical (unpaired) electrons. The summed E-state index contributed by atoms with van der Waals surface area (Å²) < 4.78 is 5.24. The molecule has 1 fully saturated rings. The lowest BCUT2D eigenvalue weighted by molar-refractivity contribution is 0.0976. The van der Waals surface area contributed by atoms with Gasteiger partial charge in [0, 0.05) is 31.5 Å². The minimum Gasteiger partial charge on any atom is -0.467 e. The number of carbonyl (C=O) groups is 1. The fourth-order valence-corrected chi connectivity index (χ4v) is 3.51. The van der Waals surface area contributed by atoms with Crippen LogP contribution in [-0.2, 0) is 0 Å². The zero-order valence-corrected chi connectivity index (χ0v) is 18.1. The number of carbonyl (C=O) groups excluding carboxylic acids is 1. The van der Waals surface area contributed by atoms with Crippen LogP contribution in [0.3, 0.4) is 0 Å². The molecule has 3 rings (SSSR count). The van der Waals surface area contributed by atoms with Gasteiger partial charge in [0.2, 0.25) is 0 Å². The predicted molar refractivity (Wildman–Crippen MR) is 115 cm³/mol. The molecule has 29 heavy (non-hydrogen) atoms. The van der Waals surface area contributed by atoms with E-state index in [0.717, 1.165) is 31.6 Å². The van der Waals surface area contributed by atoms with Crippen molar-refractivity contribution in [2.24, 2.45) is 5.41 Å². The molecule has 1 saturated heterocycles. The average Bonchev–Trinajstić information content (AvgIpc) is 2.71. The summed E-state index contributed by atoms with van der Waals surface area (Å²) in [6.07, 6.45) is 4.96. The number of methoxy groups -OCH3 is 1. The fraction of sp³-hybridized carbons (Fsp3) is 0.545. The maximum absolute atomic E-state index is 13.7. The number of aromatic nitrogens is 3. The van der Waals surface area contributed by atoms with Crippen LogP contribution >= 0.6 is 0 Å². The first-order chi connectivity index (χ1) is 13.8. The molecule has 156 valence electrons. The Labute approximate surface area is 173 Å². The van der Waals surface area contributed by atoms with E-state index in [1.165, 1.54) is 6.42 Å². The molecule has 1 amide bonds. The Hall–Kier alpha value is -2.70. The Balaban J connectivity index is 2.04. The first-order valence-electron chi connectivity index (χ1n) is 10.2. The second-order valence-electron chi connectivity index (χ2n) is 8.73. The lowest BCUT2D eigenvalue weighted by Crippen LogP contribution is -2.40. The second-order valence-corrected chi connectivity index (χ2v) is 8.73. The predicted octanol–water partition coefficient (Wildman–Crippen LogP) is 3.87. The summed E-state index contributed by atoms with van der Waals surface area (Å²) >= 11 is 0. The van der Waals surface area contributed by atoms with Crippen LogP contribution in [0.15, 0.2) is 24.4 Å². The van der Waals surface area contributed by atoms with Gasteiger partial charge in [-0.05, 0) is 43.7 Å². The summed E-state index contributed by atoms with van der Waals surface area (Å²) in [5, 5.41) is 0. The molecular weight excluding hydrogens is 366 g/mol. The summed E-state index contributed by atoms with van der Waals surface area (Å²) in [6.45, 7) is 10.6. The number of hydrogen-bond acceptors (Lipinski definition) is 6. The van der Waals surface area contributed by atoms with E-state index in [0.29, 0.717) is 23.7 Å². The van der Waals surface area contributed by atoms with E-state index in [4.69, 9.17) is 4.74 Å². The molecule has 0 atom stereocenters. The first kappa shape index (κ1) is 21.0. The van der Waals surface area contributed by atoms with Gasteiger partial charge >= 0.3 is 6.01 Å². The van der Waals surface area contributed by atoms with Gasteiger partial charge in [-0.2, -0.15) is 4.98 Å². The maximum Gasteiger partial charge on any atom is 0.318 e. The van der Waals surface area contributed by atoms with Crippen molar-refractivity contribution in [3.8, 4) is 6.01 Å². The molecule has 1 aliphatic heterocycles. The van der Waals surface area contributed by atoms with Crippen LogP contribution in [0.2, 0.25) is 0 Å². The van der Waals surface area contributed by atoms with Crippen LogP contribution in [0.4, 0.5) is 11.6 Å². The summed E-state index contributed by atoms with van der Waals surface area (Å²) in [4.78, 5) is 31.0. The van der Waals surface area contributed by atoms with Gasteiger partial charge in [-0.1, -0.05) is 26.8 Å². The summed E-state index contributed by atoms with van der Waals surface area (Å²) in [5.74, 6) is 1.15. The summed E-state index contributed by atoms with van der Waals surface area (Å²) in [6, 6.07) is 6.01. The largest absolute Gasteiger partial charge is 0.467 e. The number of ether oxygens (including phenoxy) is 1. The van der Waals surface area contributed by atoms with Crippen LogP contribution in [0.25, 0.3) is 0 Å². The number of nitrogens with zero attached hydrogens (tertiary/aromatic N) is 5. The standard InChI is InChI=1S/C22H31N5O2/c1-16-10-9-11-18(24-16)27(15-22(2,3)4)20(28)17-14-23-21(29-5)25-19(17)26-12-7-6-8-13-26/h9-11,14H,6-8,12-13,15H2,1-5H3. The van der Waals surface area contributed by atoms with Gasteiger partial charge in [0.15, 0.2) is 0 Å². The highest BCUT2D eigenvalue weighted by atomic mass is 16.5. The summed E-state index contributed by atoms with van der Waals surface area (Å²) in [7, 11) is 1.54. The fourth-order valence-electron chi connectivity index (χ4n) is 3.51. The van der Waals surface area contributed by atoms with E-state index >= 15 is 0 Å². The van der Waals surface area contributed by atoms with E-state index < -0.39 is 0 Å². The van der Waals surface area contributed by atoms with Crippen LogP contribution in [-0.4, -0.2) is 47.6 Å². The number of amides is 1. The molecular formula is C22H31N5O2. The molecule has 2 aromatic rings. The molecule has 2 aromatic heterocycles. The van der Waals surface area contributed by atoms with Gasteiger partial charge in [-0.25, -0.2) is 9.97 Å². The van der Waals surface area contributed by atoms with Gasteiger partial charge < -0.3 is 9.64 Å². The molecule has 0 bridgehead atoms. The highest BCUT2D eigenvalue weighted by Crippen LogP contribution is 2.28.